The fraction of sp³-hybridized carbons (Fsp3) is 0.769. The fourth-order valence-corrected chi connectivity index (χ4v) is 1.89. The summed E-state index contributed by atoms with van der Waals surface area (Å²) in [5, 5.41) is 7.94. The molecule has 1 N–H and O–H groups in total. The first-order chi connectivity index (χ1) is 7.56. The zero-order chi connectivity index (χ0) is 12.1. The lowest BCUT2D eigenvalue weighted by Gasteiger charge is -2.10. The van der Waals surface area contributed by atoms with Crippen molar-refractivity contribution >= 4 is 0 Å². The number of nitrogens with zero attached hydrogens (tertiary/aromatic N) is 2. The summed E-state index contributed by atoms with van der Waals surface area (Å²) in [7, 11) is 2.01. The number of nitrogens with one attached hydrogen (secondary N) is 1. The predicted molar refractivity (Wildman–Crippen MR) is 68.7 cm³/mol. The van der Waals surface area contributed by atoms with Crippen LogP contribution in [0.2, 0.25) is 0 Å². The van der Waals surface area contributed by atoms with E-state index in [2.05, 4.69) is 38.1 Å². The summed E-state index contributed by atoms with van der Waals surface area (Å²) in [6.45, 7) is 10.9. The largest absolute Gasteiger partial charge is 0.316 e. The number of hydrogen-bond donors (Lipinski definition) is 1. The second-order valence-electron chi connectivity index (χ2n) is 4.74. The molecule has 92 valence electrons. The molecule has 16 heavy (non-hydrogen) atoms. The maximum Gasteiger partial charge on any atom is 0.0628 e. The minimum Gasteiger partial charge on any atom is -0.316 e. The number of hydrogen-bond acceptors (Lipinski definition) is 2. The van der Waals surface area contributed by atoms with Crippen LogP contribution in [0.25, 0.3) is 0 Å². The summed E-state index contributed by atoms with van der Waals surface area (Å²) < 4.78 is 1.97. The summed E-state index contributed by atoms with van der Waals surface area (Å²) >= 11 is 0. The van der Waals surface area contributed by atoms with Crippen molar-refractivity contribution in [2.45, 2.75) is 40.5 Å². The molecule has 1 unspecified atom stereocenters. The van der Waals surface area contributed by atoms with E-state index in [-0.39, 0.29) is 0 Å². The van der Waals surface area contributed by atoms with E-state index in [0.717, 1.165) is 25.4 Å². The van der Waals surface area contributed by atoms with Crippen LogP contribution in [0, 0.1) is 19.8 Å². The summed E-state index contributed by atoms with van der Waals surface area (Å²) in [6, 6.07) is 0. The first kappa shape index (κ1) is 13.2. The average Bonchev–Trinajstić information content (AvgIpc) is 2.49. The summed E-state index contributed by atoms with van der Waals surface area (Å²) in [6.07, 6.45) is 2.33. The Hall–Kier alpha value is -0.830. The number of aryl methyl sites for hydroxylation is 2. The van der Waals surface area contributed by atoms with Crippen LogP contribution in [0.15, 0.2) is 0 Å². The Morgan fingerprint density at radius 3 is 2.56 bits per heavy atom. The molecule has 1 aromatic rings. The standard InChI is InChI=1S/C13H25N3/c1-6-10(2)9-14-8-7-13-11(3)15-16(5)12(13)4/h10,14H,6-9H2,1-5H3. The van der Waals surface area contributed by atoms with E-state index in [4.69, 9.17) is 0 Å². The lowest BCUT2D eigenvalue weighted by Crippen LogP contribution is -2.23. The van der Waals surface area contributed by atoms with Gasteiger partial charge in [0, 0.05) is 12.7 Å². The molecule has 0 aliphatic carbocycles. The first-order valence-corrected chi connectivity index (χ1v) is 6.26. The van der Waals surface area contributed by atoms with Crippen molar-refractivity contribution in [2.75, 3.05) is 13.1 Å². The molecular weight excluding hydrogens is 198 g/mol. The quantitative estimate of drug-likeness (QED) is 0.749. The van der Waals surface area contributed by atoms with Crippen LogP contribution in [0.4, 0.5) is 0 Å². The Bertz CT molecular complexity index is 328. The van der Waals surface area contributed by atoms with Crippen molar-refractivity contribution in [2.24, 2.45) is 13.0 Å². The van der Waals surface area contributed by atoms with E-state index in [1.807, 2.05) is 11.7 Å². The molecule has 0 spiro atoms. The first-order valence-electron chi connectivity index (χ1n) is 6.26. The second-order valence-corrected chi connectivity index (χ2v) is 4.74. The van der Waals surface area contributed by atoms with E-state index in [0.29, 0.717) is 0 Å². The van der Waals surface area contributed by atoms with Crippen molar-refractivity contribution in [3.05, 3.63) is 17.0 Å². The molecule has 0 saturated carbocycles. The normalized spacial score (nSPS) is 13.1. The molecular formula is C13H25N3. The third-order valence-corrected chi connectivity index (χ3v) is 3.40. The Morgan fingerprint density at radius 1 is 1.38 bits per heavy atom. The third kappa shape index (κ3) is 3.34. The zero-order valence-electron chi connectivity index (χ0n) is 11.3. The molecule has 0 bridgehead atoms. The molecule has 1 atom stereocenters. The molecule has 1 aromatic heterocycles. The Kier molecular flexibility index (Phi) is 5.00. The van der Waals surface area contributed by atoms with Gasteiger partial charge in [0.1, 0.15) is 0 Å². The fourth-order valence-electron chi connectivity index (χ4n) is 1.89. The van der Waals surface area contributed by atoms with E-state index < -0.39 is 0 Å². The smallest absolute Gasteiger partial charge is 0.0628 e. The molecule has 0 aliphatic heterocycles. The highest BCUT2D eigenvalue weighted by Crippen LogP contribution is 2.11. The molecule has 3 nitrogen and oxygen atoms in total. The number of rotatable bonds is 6. The van der Waals surface area contributed by atoms with Gasteiger partial charge in [0.05, 0.1) is 5.69 Å². The molecule has 1 heterocycles. The SMILES string of the molecule is CCC(C)CNCCc1c(C)nn(C)c1C. The van der Waals surface area contributed by atoms with E-state index in [1.165, 1.54) is 23.4 Å². The van der Waals surface area contributed by atoms with Gasteiger partial charge in [-0.1, -0.05) is 20.3 Å². The Balaban J connectivity index is 2.37. The van der Waals surface area contributed by atoms with Gasteiger partial charge in [-0.3, -0.25) is 4.68 Å². The molecule has 0 fully saturated rings. The summed E-state index contributed by atoms with van der Waals surface area (Å²) in [4.78, 5) is 0. The molecule has 0 aliphatic rings. The van der Waals surface area contributed by atoms with Gasteiger partial charge in [0.2, 0.25) is 0 Å². The van der Waals surface area contributed by atoms with Crippen molar-refractivity contribution in [3.8, 4) is 0 Å². The van der Waals surface area contributed by atoms with Crippen LogP contribution in [0.5, 0.6) is 0 Å². The molecule has 3 heteroatoms. The second kappa shape index (κ2) is 6.04. The van der Waals surface area contributed by atoms with Crippen molar-refractivity contribution < 1.29 is 0 Å². The minimum absolute atomic E-state index is 0.774. The number of aromatic nitrogens is 2. The molecule has 0 radical (unpaired) electrons. The summed E-state index contributed by atoms with van der Waals surface area (Å²) in [5.74, 6) is 0.774. The van der Waals surface area contributed by atoms with Gasteiger partial charge in [-0.25, -0.2) is 0 Å². The maximum atomic E-state index is 4.43. The highest BCUT2D eigenvalue weighted by molar-refractivity contribution is 5.24. The molecule has 0 saturated heterocycles. The highest BCUT2D eigenvalue weighted by atomic mass is 15.3. The van der Waals surface area contributed by atoms with Crippen LogP contribution in [0.1, 0.15) is 37.2 Å². The third-order valence-electron chi connectivity index (χ3n) is 3.40. The van der Waals surface area contributed by atoms with Gasteiger partial charge < -0.3 is 5.32 Å². The average molecular weight is 223 g/mol. The van der Waals surface area contributed by atoms with Crippen LogP contribution in [-0.4, -0.2) is 22.9 Å². The zero-order valence-corrected chi connectivity index (χ0v) is 11.3. The van der Waals surface area contributed by atoms with Crippen LogP contribution in [0.3, 0.4) is 0 Å². The van der Waals surface area contributed by atoms with Crippen LogP contribution < -0.4 is 5.32 Å². The summed E-state index contributed by atoms with van der Waals surface area (Å²) in [5.41, 5.74) is 3.87. The van der Waals surface area contributed by atoms with Gasteiger partial charge in [0.15, 0.2) is 0 Å². The van der Waals surface area contributed by atoms with Crippen molar-refractivity contribution in [1.82, 2.24) is 15.1 Å². The van der Waals surface area contributed by atoms with Gasteiger partial charge in [-0.15, -0.1) is 0 Å². The minimum atomic E-state index is 0.774. The van der Waals surface area contributed by atoms with Crippen LogP contribution >= 0.6 is 0 Å². The lowest BCUT2D eigenvalue weighted by atomic mass is 10.1. The van der Waals surface area contributed by atoms with E-state index >= 15 is 0 Å². The van der Waals surface area contributed by atoms with Gasteiger partial charge in [0.25, 0.3) is 0 Å². The Morgan fingerprint density at radius 2 is 2.06 bits per heavy atom. The Labute approximate surface area is 99.2 Å². The van der Waals surface area contributed by atoms with E-state index in [9.17, 15) is 0 Å². The lowest BCUT2D eigenvalue weighted by molar-refractivity contribution is 0.502. The maximum absolute atomic E-state index is 4.43. The van der Waals surface area contributed by atoms with Crippen molar-refractivity contribution in [1.29, 1.82) is 0 Å². The molecule has 1 rings (SSSR count). The van der Waals surface area contributed by atoms with Gasteiger partial charge in [-0.05, 0) is 44.8 Å². The molecule has 0 aromatic carbocycles. The molecule has 0 amide bonds. The monoisotopic (exact) mass is 223 g/mol. The highest BCUT2D eigenvalue weighted by Gasteiger charge is 2.08. The predicted octanol–water partition coefficient (Wildman–Crippen LogP) is 2.22. The van der Waals surface area contributed by atoms with Crippen molar-refractivity contribution in [3.63, 3.8) is 0 Å². The van der Waals surface area contributed by atoms with Gasteiger partial charge >= 0.3 is 0 Å². The van der Waals surface area contributed by atoms with E-state index in [1.54, 1.807) is 0 Å². The van der Waals surface area contributed by atoms with Crippen LogP contribution in [-0.2, 0) is 13.5 Å². The topological polar surface area (TPSA) is 29.9 Å². The van der Waals surface area contributed by atoms with Gasteiger partial charge in [-0.2, -0.15) is 5.10 Å².